The summed E-state index contributed by atoms with van der Waals surface area (Å²) in [6.07, 6.45) is 0.392. The van der Waals surface area contributed by atoms with Crippen molar-refractivity contribution >= 4 is 12.0 Å². The van der Waals surface area contributed by atoms with Crippen molar-refractivity contribution in [2.45, 2.75) is 38.8 Å². The van der Waals surface area contributed by atoms with Gasteiger partial charge in [0.2, 0.25) is 0 Å². The summed E-state index contributed by atoms with van der Waals surface area (Å²) in [7, 11) is 1.50. The molecule has 20 heavy (non-hydrogen) atoms. The fourth-order valence-corrected chi connectivity index (χ4v) is 1.65. The third kappa shape index (κ3) is 5.73. The smallest absolute Gasteiger partial charge is 0.329 e. The number of rotatable bonds is 4. The zero-order valence-electron chi connectivity index (χ0n) is 12.4. The highest BCUT2D eigenvalue weighted by molar-refractivity contribution is 5.83. The molecule has 1 atom stereocenters. The number of esters is 1. The lowest BCUT2D eigenvalue weighted by molar-refractivity contribution is -0.157. The van der Waals surface area contributed by atoms with Crippen molar-refractivity contribution < 1.29 is 14.3 Å². The second kappa shape index (κ2) is 6.93. The molecule has 2 amide bonds. The van der Waals surface area contributed by atoms with E-state index in [0.717, 1.165) is 5.56 Å². The summed E-state index contributed by atoms with van der Waals surface area (Å²) in [5.41, 5.74) is 0.371. The zero-order valence-corrected chi connectivity index (χ0v) is 12.4. The summed E-state index contributed by atoms with van der Waals surface area (Å²) >= 11 is 0. The standard InChI is InChI=1S/C15H22N2O3/c1-15(2,3)20-13(18)12(17-14(19)16-4)10-11-8-6-5-7-9-11/h5-9,12H,10H2,1-4H3,(H2,16,17,19). The Kier molecular flexibility index (Phi) is 5.55. The quantitative estimate of drug-likeness (QED) is 0.826. The molecule has 110 valence electrons. The summed E-state index contributed by atoms with van der Waals surface area (Å²) in [5, 5.41) is 5.05. The molecule has 0 spiro atoms. The largest absolute Gasteiger partial charge is 0.458 e. The monoisotopic (exact) mass is 278 g/mol. The van der Waals surface area contributed by atoms with Gasteiger partial charge < -0.3 is 15.4 Å². The highest BCUT2D eigenvalue weighted by Gasteiger charge is 2.26. The van der Waals surface area contributed by atoms with Crippen LogP contribution in [0.15, 0.2) is 30.3 Å². The molecule has 2 N–H and O–H groups in total. The number of nitrogens with one attached hydrogen (secondary N) is 2. The van der Waals surface area contributed by atoms with Crippen molar-refractivity contribution in [3.63, 3.8) is 0 Å². The first-order chi connectivity index (χ1) is 9.31. The molecule has 5 heteroatoms. The molecule has 0 aliphatic rings. The van der Waals surface area contributed by atoms with E-state index < -0.39 is 23.6 Å². The van der Waals surface area contributed by atoms with Crippen LogP contribution < -0.4 is 10.6 Å². The van der Waals surface area contributed by atoms with Crippen molar-refractivity contribution in [2.24, 2.45) is 0 Å². The van der Waals surface area contributed by atoms with E-state index in [9.17, 15) is 9.59 Å². The normalized spacial score (nSPS) is 12.4. The van der Waals surface area contributed by atoms with Gasteiger partial charge in [-0.3, -0.25) is 0 Å². The second-order valence-corrected chi connectivity index (χ2v) is 5.50. The van der Waals surface area contributed by atoms with Gasteiger partial charge in [-0.2, -0.15) is 0 Å². The SMILES string of the molecule is CNC(=O)NC(Cc1ccccc1)C(=O)OC(C)(C)C. The molecule has 5 nitrogen and oxygen atoms in total. The Morgan fingerprint density at radius 3 is 2.30 bits per heavy atom. The maximum absolute atomic E-state index is 12.1. The molecule has 0 radical (unpaired) electrons. The van der Waals surface area contributed by atoms with Crippen LogP contribution in [0.1, 0.15) is 26.3 Å². The number of amides is 2. The summed E-state index contributed by atoms with van der Waals surface area (Å²) in [4.78, 5) is 23.6. The Labute approximate surface area is 119 Å². The van der Waals surface area contributed by atoms with E-state index in [1.54, 1.807) is 20.8 Å². The van der Waals surface area contributed by atoms with Gasteiger partial charge in [-0.05, 0) is 26.3 Å². The highest BCUT2D eigenvalue weighted by Crippen LogP contribution is 2.11. The molecule has 0 fully saturated rings. The van der Waals surface area contributed by atoms with Crippen LogP contribution in [-0.2, 0) is 16.0 Å². The van der Waals surface area contributed by atoms with Crippen LogP contribution in [0.3, 0.4) is 0 Å². The summed E-state index contributed by atoms with van der Waals surface area (Å²) in [6, 6.07) is 8.38. The minimum atomic E-state index is -0.712. The molecule has 0 bridgehead atoms. The first-order valence-corrected chi connectivity index (χ1v) is 6.57. The van der Waals surface area contributed by atoms with E-state index >= 15 is 0 Å². The predicted octanol–water partition coefficient (Wildman–Crippen LogP) is 1.87. The molecule has 1 aromatic rings. The number of ether oxygens (including phenoxy) is 1. The van der Waals surface area contributed by atoms with E-state index in [0.29, 0.717) is 6.42 Å². The number of urea groups is 1. The van der Waals surface area contributed by atoms with Crippen molar-refractivity contribution in [2.75, 3.05) is 7.05 Å². The van der Waals surface area contributed by atoms with Crippen LogP contribution >= 0.6 is 0 Å². The maximum atomic E-state index is 12.1. The Morgan fingerprint density at radius 1 is 1.20 bits per heavy atom. The highest BCUT2D eigenvalue weighted by atomic mass is 16.6. The minimum Gasteiger partial charge on any atom is -0.458 e. The number of carbonyl (C=O) groups excluding carboxylic acids is 2. The number of carbonyl (C=O) groups is 2. The van der Waals surface area contributed by atoms with Crippen molar-refractivity contribution in [3.05, 3.63) is 35.9 Å². The number of hydrogen-bond donors (Lipinski definition) is 2. The predicted molar refractivity (Wildman–Crippen MR) is 77.4 cm³/mol. The van der Waals surface area contributed by atoms with Crippen LogP contribution in [0, 0.1) is 0 Å². The van der Waals surface area contributed by atoms with Gasteiger partial charge in [0.25, 0.3) is 0 Å². The molecular formula is C15H22N2O3. The molecule has 1 aromatic carbocycles. The molecule has 1 unspecified atom stereocenters. The summed E-state index contributed by atoms with van der Waals surface area (Å²) in [5.74, 6) is -0.440. The van der Waals surface area contributed by atoms with E-state index in [4.69, 9.17) is 4.74 Å². The third-order valence-electron chi connectivity index (χ3n) is 2.51. The topological polar surface area (TPSA) is 67.4 Å². The minimum absolute atomic E-state index is 0.392. The number of benzene rings is 1. The molecule has 0 aliphatic heterocycles. The van der Waals surface area contributed by atoms with Crippen LogP contribution in [0.5, 0.6) is 0 Å². The van der Waals surface area contributed by atoms with E-state index in [2.05, 4.69) is 10.6 Å². The molecule has 0 aliphatic carbocycles. The van der Waals surface area contributed by atoms with Gasteiger partial charge >= 0.3 is 12.0 Å². The zero-order chi connectivity index (χ0) is 15.2. The van der Waals surface area contributed by atoms with Crippen molar-refractivity contribution in [3.8, 4) is 0 Å². The Morgan fingerprint density at radius 2 is 1.80 bits per heavy atom. The van der Waals surface area contributed by atoms with Gasteiger partial charge in [0.15, 0.2) is 0 Å². The van der Waals surface area contributed by atoms with Crippen molar-refractivity contribution in [1.29, 1.82) is 0 Å². The fourth-order valence-electron chi connectivity index (χ4n) is 1.65. The molecule has 0 saturated heterocycles. The van der Waals surface area contributed by atoms with Gasteiger partial charge in [-0.1, -0.05) is 30.3 Å². The lowest BCUT2D eigenvalue weighted by Gasteiger charge is -2.24. The lowest BCUT2D eigenvalue weighted by atomic mass is 10.1. The first-order valence-electron chi connectivity index (χ1n) is 6.57. The van der Waals surface area contributed by atoms with E-state index in [1.807, 2.05) is 30.3 Å². The van der Waals surface area contributed by atoms with Gasteiger partial charge in [0.1, 0.15) is 11.6 Å². The maximum Gasteiger partial charge on any atom is 0.329 e. The fraction of sp³-hybridized carbons (Fsp3) is 0.467. The van der Waals surface area contributed by atoms with Crippen molar-refractivity contribution in [1.82, 2.24) is 10.6 Å². The molecule has 1 rings (SSSR count). The van der Waals surface area contributed by atoms with Gasteiger partial charge in [-0.15, -0.1) is 0 Å². The van der Waals surface area contributed by atoms with Gasteiger partial charge in [-0.25, -0.2) is 9.59 Å². The Balaban J connectivity index is 2.79. The molecular weight excluding hydrogens is 256 g/mol. The first kappa shape index (κ1) is 16.0. The molecule has 0 saturated carbocycles. The second-order valence-electron chi connectivity index (χ2n) is 5.50. The Bertz CT molecular complexity index is 452. The summed E-state index contributed by atoms with van der Waals surface area (Å²) < 4.78 is 5.34. The molecule has 0 heterocycles. The van der Waals surface area contributed by atoms with E-state index in [1.165, 1.54) is 7.05 Å². The van der Waals surface area contributed by atoms with Crippen LogP contribution in [0.2, 0.25) is 0 Å². The van der Waals surface area contributed by atoms with Gasteiger partial charge in [0, 0.05) is 13.5 Å². The van der Waals surface area contributed by atoms with E-state index in [-0.39, 0.29) is 0 Å². The average molecular weight is 278 g/mol. The molecule has 0 aromatic heterocycles. The van der Waals surface area contributed by atoms with Crippen LogP contribution in [0.25, 0.3) is 0 Å². The lowest BCUT2D eigenvalue weighted by Crippen LogP contribution is -2.48. The third-order valence-corrected chi connectivity index (χ3v) is 2.51. The van der Waals surface area contributed by atoms with Crippen LogP contribution in [-0.4, -0.2) is 30.7 Å². The van der Waals surface area contributed by atoms with Crippen LogP contribution in [0.4, 0.5) is 4.79 Å². The average Bonchev–Trinajstić information content (AvgIpc) is 2.37. The summed E-state index contributed by atoms with van der Waals surface area (Å²) in [6.45, 7) is 5.39. The van der Waals surface area contributed by atoms with Gasteiger partial charge in [0.05, 0.1) is 0 Å². The Hall–Kier alpha value is -2.04. The number of hydrogen-bond acceptors (Lipinski definition) is 3.